The molecule has 0 aromatic heterocycles. The van der Waals surface area contributed by atoms with E-state index in [0.717, 1.165) is 6.42 Å². The van der Waals surface area contributed by atoms with Gasteiger partial charge in [-0.25, -0.2) is 0 Å². The summed E-state index contributed by atoms with van der Waals surface area (Å²) in [4.78, 5) is 0. The van der Waals surface area contributed by atoms with Gasteiger partial charge >= 0.3 is 0 Å². The van der Waals surface area contributed by atoms with Gasteiger partial charge in [-0.2, -0.15) is 0 Å². The zero-order valence-electron chi connectivity index (χ0n) is 8.33. The maximum absolute atomic E-state index is 2.22. The third kappa shape index (κ3) is 3.29. The highest BCUT2D eigenvalue weighted by Crippen LogP contribution is 2.07. The van der Waals surface area contributed by atoms with E-state index < -0.39 is 0 Å². The molecule has 0 saturated heterocycles. The summed E-state index contributed by atoms with van der Waals surface area (Å²) in [6.07, 6.45) is 9.36. The lowest BCUT2D eigenvalue weighted by atomic mass is 10.1. The first-order valence-electron chi connectivity index (χ1n) is 4.75. The predicted octanol–water partition coefficient (Wildman–Crippen LogP) is 3.84. The van der Waals surface area contributed by atoms with E-state index >= 15 is 0 Å². The number of aryl methyl sites for hydroxylation is 1. The fraction of sp³-hybridized carbons (Fsp3) is 0.231. The molecule has 0 spiro atoms. The Morgan fingerprint density at radius 1 is 1.23 bits per heavy atom. The lowest BCUT2D eigenvalue weighted by Crippen LogP contribution is -1.79. The molecule has 0 radical (unpaired) electrons. The summed E-state index contributed by atoms with van der Waals surface area (Å²) >= 11 is 0. The van der Waals surface area contributed by atoms with Gasteiger partial charge in [-0.05, 0) is 24.5 Å². The molecule has 0 atom stereocenters. The van der Waals surface area contributed by atoms with Crippen LogP contribution in [0.1, 0.15) is 25.0 Å². The first-order valence-corrected chi connectivity index (χ1v) is 4.75. The Hall–Kier alpha value is -1.30. The Bertz CT molecular complexity index is 306. The van der Waals surface area contributed by atoms with Gasteiger partial charge in [0.2, 0.25) is 0 Å². The quantitative estimate of drug-likeness (QED) is 0.608. The van der Waals surface area contributed by atoms with Crippen LogP contribution in [0, 0.1) is 0 Å². The molecule has 1 aromatic carbocycles. The number of hydrogen-bond donors (Lipinski definition) is 0. The number of hydrogen-bond acceptors (Lipinski definition) is 0. The van der Waals surface area contributed by atoms with Crippen LogP contribution in [-0.2, 0) is 6.42 Å². The van der Waals surface area contributed by atoms with Crippen molar-refractivity contribution >= 4 is 6.08 Å². The zero-order chi connectivity index (χ0) is 9.52. The molecule has 0 heteroatoms. The smallest absolute Gasteiger partial charge is 0.0254 e. The van der Waals surface area contributed by atoms with E-state index in [0.29, 0.717) is 0 Å². The van der Waals surface area contributed by atoms with Crippen molar-refractivity contribution < 1.29 is 0 Å². The van der Waals surface area contributed by atoms with Crippen molar-refractivity contribution in [2.45, 2.75) is 20.3 Å². The van der Waals surface area contributed by atoms with E-state index in [2.05, 4.69) is 43.3 Å². The summed E-state index contributed by atoms with van der Waals surface area (Å²) in [6.45, 7) is 4.20. The summed E-state index contributed by atoms with van der Waals surface area (Å²) < 4.78 is 0. The highest BCUT2D eigenvalue weighted by molar-refractivity contribution is 5.51. The van der Waals surface area contributed by atoms with Crippen LogP contribution in [0.3, 0.4) is 0 Å². The average Bonchev–Trinajstić information content (AvgIpc) is 2.19. The highest BCUT2D eigenvalue weighted by atomic mass is 13.9. The summed E-state index contributed by atoms with van der Waals surface area (Å²) in [5.41, 5.74) is 2.67. The van der Waals surface area contributed by atoms with Gasteiger partial charge < -0.3 is 0 Å². The van der Waals surface area contributed by atoms with Crippen molar-refractivity contribution in [2.75, 3.05) is 0 Å². The molecule has 0 aliphatic rings. The van der Waals surface area contributed by atoms with E-state index in [1.165, 1.54) is 11.1 Å². The molecule has 0 saturated carbocycles. The third-order valence-corrected chi connectivity index (χ3v) is 1.95. The summed E-state index contributed by atoms with van der Waals surface area (Å²) in [7, 11) is 0. The van der Waals surface area contributed by atoms with Crippen molar-refractivity contribution in [1.82, 2.24) is 0 Å². The van der Waals surface area contributed by atoms with Crippen molar-refractivity contribution in [3.8, 4) is 0 Å². The van der Waals surface area contributed by atoms with E-state index in [4.69, 9.17) is 0 Å². The predicted molar refractivity (Wildman–Crippen MR) is 59.7 cm³/mol. The topological polar surface area (TPSA) is 0 Å². The van der Waals surface area contributed by atoms with Gasteiger partial charge in [0.05, 0.1) is 0 Å². The molecule has 1 aromatic rings. The molecule has 13 heavy (non-hydrogen) atoms. The van der Waals surface area contributed by atoms with Gasteiger partial charge in [0.15, 0.2) is 0 Å². The Morgan fingerprint density at radius 2 is 2.08 bits per heavy atom. The van der Waals surface area contributed by atoms with Gasteiger partial charge in [-0.3, -0.25) is 0 Å². The number of rotatable bonds is 3. The van der Waals surface area contributed by atoms with E-state index in [1.807, 2.05) is 19.1 Å². The molecule has 68 valence electrons. The Morgan fingerprint density at radius 3 is 2.77 bits per heavy atom. The molecule has 0 N–H and O–H groups in total. The van der Waals surface area contributed by atoms with Gasteiger partial charge in [0, 0.05) is 0 Å². The molecular formula is C13H16. The Labute approximate surface area is 80.6 Å². The Balaban J connectivity index is 2.77. The standard InChI is InChI=1S/C13H16/c1-3-5-6-8-13-10-7-9-12(4-2)11-13/h3,5-11H,4H2,1-2H3/b5-3-,8-6-. The van der Waals surface area contributed by atoms with Crippen molar-refractivity contribution in [3.05, 3.63) is 53.6 Å². The van der Waals surface area contributed by atoms with Gasteiger partial charge in [-0.15, -0.1) is 0 Å². The van der Waals surface area contributed by atoms with Crippen molar-refractivity contribution in [2.24, 2.45) is 0 Å². The second kappa shape index (κ2) is 5.36. The molecular weight excluding hydrogens is 156 g/mol. The lowest BCUT2D eigenvalue weighted by molar-refractivity contribution is 1.14. The normalized spacial score (nSPS) is 11.5. The SMILES string of the molecule is C/C=C\C=C/c1cccc(CC)c1. The molecule has 0 heterocycles. The van der Waals surface area contributed by atoms with Crippen LogP contribution < -0.4 is 0 Å². The van der Waals surface area contributed by atoms with E-state index in [-0.39, 0.29) is 0 Å². The molecule has 1 rings (SSSR count). The average molecular weight is 172 g/mol. The monoisotopic (exact) mass is 172 g/mol. The fourth-order valence-electron chi connectivity index (χ4n) is 1.19. The zero-order valence-corrected chi connectivity index (χ0v) is 8.33. The van der Waals surface area contributed by atoms with Crippen LogP contribution in [0.15, 0.2) is 42.5 Å². The molecule has 0 aliphatic heterocycles. The molecule has 0 bridgehead atoms. The van der Waals surface area contributed by atoms with Crippen LogP contribution in [0.4, 0.5) is 0 Å². The molecule has 0 fully saturated rings. The molecule has 0 amide bonds. The third-order valence-electron chi connectivity index (χ3n) is 1.95. The van der Waals surface area contributed by atoms with E-state index in [1.54, 1.807) is 0 Å². The minimum absolute atomic E-state index is 1.10. The van der Waals surface area contributed by atoms with Crippen LogP contribution in [0.5, 0.6) is 0 Å². The molecule has 0 unspecified atom stereocenters. The maximum atomic E-state index is 2.22. The van der Waals surface area contributed by atoms with Gasteiger partial charge in [-0.1, -0.05) is 55.5 Å². The van der Waals surface area contributed by atoms with Crippen LogP contribution in [0.25, 0.3) is 6.08 Å². The first kappa shape index (κ1) is 9.79. The van der Waals surface area contributed by atoms with E-state index in [9.17, 15) is 0 Å². The van der Waals surface area contributed by atoms with Crippen molar-refractivity contribution in [3.63, 3.8) is 0 Å². The number of benzene rings is 1. The Kier molecular flexibility index (Phi) is 4.04. The minimum atomic E-state index is 1.10. The summed E-state index contributed by atoms with van der Waals surface area (Å²) in [5.74, 6) is 0. The van der Waals surface area contributed by atoms with Gasteiger partial charge in [0.25, 0.3) is 0 Å². The summed E-state index contributed by atoms with van der Waals surface area (Å²) in [6, 6.07) is 8.61. The minimum Gasteiger partial charge on any atom is -0.0877 e. The second-order valence-electron chi connectivity index (χ2n) is 2.98. The number of allylic oxidation sites excluding steroid dienone is 3. The lowest BCUT2D eigenvalue weighted by Gasteiger charge is -1.97. The first-order chi connectivity index (χ1) is 6.36. The van der Waals surface area contributed by atoms with Gasteiger partial charge in [0.1, 0.15) is 0 Å². The largest absolute Gasteiger partial charge is 0.0877 e. The molecule has 0 aliphatic carbocycles. The van der Waals surface area contributed by atoms with Crippen molar-refractivity contribution in [1.29, 1.82) is 0 Å². The van der Waals surface area contributed by atoms with Crippen LogP contribution >= 0.6 is 0 Å². The van der Waals surface area contributed by atoms with Crippen LogP contribution in [0.2, 0.25) is 0 Å². The summed E-state index contributed by atoms with van der Waals surface area (Å²) in [5, 5.41) is 0. The highest BCUT2D eigenvalue weighted by Gasteiger charge is 1.88. The maximum Gasteiger partial charge on any atom is -0.0254 e. The fourth-order valence-corrected chi connectivity index (χ4v) is 1.19. The second-order valence-corrected chi connectivity index (χ2v) is 2.98. The molecule has 0 nitrogen and oxygen atoms in total. The van der Waals surface area contributed by atoms with Crippen LogP contribution in [-0.4, -0.2) is 0 Å².